The number of para-hydroxylation sites is 1. The lowest BCUT2D eigenvalue weighted by molar-refractivity contribution is -0.150. The number of carbonyl (C=O) groups is 2. The SMILES string of the molecule is COC(=O)CC1(O)C(=O)C=C(c2ccccc2)N1c1ccccc1. The molecule has 0 bridgehead atoms. The summed E-state index contributed by atoms with van der Waals surface area (Å²) in [6.45, 7) is 0. The highest BCUT2D eigenvalue weighted by Crippen LogP contribution is 2.40. The first kappa shape index (κ1) is 16.0. The number of ether oxygens (including phenoxy) is 1. The number of hydrogen-bond donors (Lipinski definition) is 1. The second-order valence-corrected chi connectivity index (χ2v) is 5.50. The molecule has 0 saturated heterocycles. The molecular weight excluding hydrogens is 306 g/mol. The van der Waals surface area contributed by atoms with Crippen LogP contribution in [0, 0.1) is 0 Å². The third-order valence-electron chi connectivity index (χ3n) is 3.98. The fourth-order valence-corrected chi connectivity index (χ4v) is 2.80. The van der Waals surface area contributed by atoms with Crippen LogP contribution < -0.4 is 4.90 Å². The number of carbonyl (C=O) groups excluding carboxylic acids is 2. The van der Waals surface area contributed by atoms with Crippen molar-refractivity contribution < 1.29 is 19.4 Å². The maximum Gasteiger partial charge on any atom is 0.310 e. The molecule has 24 heavy (non-hydrogen) atoms. The molecule has 0 fully saturated rings. The Balaban J connectivity index is 2.11. The van der Waals surface area contributed by atoms with Gasteiger partial charge < -0.3 is 14.7 Å². The van der Waals surface area contributed by atoms with Crippen molar-refractivity contribution in [2.75, 3.05) is 12.0 Å². The standard InChI is InChI=1S/C19H17NO4/c1-24-18(22)13-19(23)17(21)12-16(14-8-4-2-5-9-14)20(19)15-10-6-3-7-11-15/h2-12,23H,13H2,1H3. The van der Waals surface area contributed by atoms with E-state index in [1.165, 1.54) is 18.1 Å². The van der Waals surface area contributed by atoms with Crippen molar-refractivity contribution in [3.8, 4) is 0 Å². The van der Waals surface area contributed by atoms with Gasteiger partial charge in [0, 0.05) is 11.8 Å². The molecule has 0 aliphatic carbocycles. The Kier molecular flexibility index (Phi) is 4.18. The van der Waals surface area contributed by atoms with E-state index in [0.717, 1.165) is 5.56 Å². The molecule has 0 spiro atoms. The van der Waals surface area contributed by atoms with Gasteiger partial charge in [-0.1, -0.05) is 48.5 Å². The van der Waals surface area contributed by atoms with Crippen LogP contribution in [0.25, 0.3) is 5.70 Å². The molecule has 122 valence electrons. The molecule has 2 aromatic rings. The van der Waals surface area contributed by atoms with E-state index >= 15 is 0 Å². The van der Waals surface area contributed by atoms with Crippen LogP contribution in [-0.4, -0.2) is 29.7 Å². The summed E-state index contributed by atoms with van der Waals surface area (Å²) >= 11 is 0. The van der Waals surface area contributed by atoms with Gasteiger partial charge in [0.2, 0.25) is 11.5 Å². The third kappa shape index (κ3) is 2.70. The third-order valence-corrected chi connectivity index (χ3v) is 3.98. The van der Waals surface area contributed by atoms with E-state index in [9.17, 15) is 14.7 Å². The molecule has 5 nitrogen and oxygen atoms in total. The van der Waals surface area contributed by atoms with Crippen LogP contribution in [0.15, 0.2) is 66.7 Å². The number of aliphatic hydroxyl groups is 1. The monoisotopic (exact) mass is 323 g/mol. The minimum absolute atomic E-state index is 0.454. The van der Waals surface area contributed by atoms with Gasteiger partial charge in [0.15, 0.2) is 0 Å². The van der Waals surface area contributed by atoms with Gasteiger partial charge in [-0.25, -0.2) is 0 Å². The van der Waals surface area contributed by atoms with Crippen LogP contribution in [0.4, 0.5) is 5.69 Å². The summed E-state index contributed by atoms with van der Waals surface area (Å²) in [5.74, 6) is -1.20. The number of hydrogen-bond acceptors (Lipinski definition) is 5. The topological polar surface area (TPSA) is 66.8 Å². The van der Waals surface area contributed by atoms with Gasteiger partial charge in [0.1, 0.15) is 6.42 Å². The molecule has 0 radical (unpaired) electrons. The minimum Gasteiger partial charge on any atom is -0.469 e. The van der Waals surface area contributed by atoms with E-state index in [-0.39, 0.29) is 0 Å². The van der Waals surface area contributed by atoms with Gasteiger partial charge in [-0.05, 0) is 17.7 Å². The number of benzene rings is 2. The molecule has 1 aliphatic heterocycles. The quantitative estimate of drug-likeness (QED) is 0.875. The van der Waals surface area contributed by atoms with Gasteiger partial charge in [-0.2, -0.15) is 0 Å². The lowest BCUT2D eigenvalue weighted by Gasteiger charge is -2.35. The minimum atomic E-state index is -2.00. The molecule has 1 heterocycles. The number of anilines is 1. The van der Waals surface area contributed by atoms with E-state index < -0.39 is 23.9 Å². The number of rotatable bonds is 4. The summed E-state index contributed by atoms with van der Waals surface area (Å²) in [6, 6.07) is 18.3. The maximum absolute atomic E-state index is 12.5. The highest BCUT2D eigenvalue weighted by molar-refractivity contribution is 6.14. The first-order chi connectivity index (χ1) is 11.6. The van der Waals surface area contributed by atoms with Crippen molar-refractivity contribution in [3.63, 3.8) is 0 Å². The van der Waals surface area contributed by atoms with Crippen molar-refractivity contribution in [3.05, 3.63) is 72.3 Å². The summed E-state index contributed by atoms with van der Waals surface area (Å²) < 4.78 is 4.65. The Hall–Kier alpha value is -2.92. The molecule has 1 atom stereocenters. The van der Waals surface area contributed by atoms with Crippen molar-refractivity contribution >= 4 is 23.1 Å². The first-order valence-corrected chi connectivity index (χ1v) is 7.52. The first-order valence-electron chi connectivity index (χ1n) is 7.52. The number of nitrogens with zero attached hydrogens (tertiary/aromatic N) is 1. The van der Waals surface area contributed by atoms with Crippen LogP contribution in [0.1, 0.15) is 12.0 Å². The molecule has 0 aromatic heterocycles. The average Bonchev–Trinajstić information content (AvgIpc) is 2.87. The Morgan fingerprint density at radius 2 is 1.67 bits per heavy atom. The summed E-state index contributed by atoms with van der Waals surface area (Å²) in [7, 11) is 1.23. The number of methoxy groups -OCH3 is 1. The molecule has 1 unspecified atom stereocenters. The molecule has 2 aromatic carbocycles. The predicted octanol–water partition coefficient (Wildman–Crippen LogP) is 2.37. The zero-order chi connectivity index (χ0) is 17.2. The fraction of sp³-hybridized carbons (Fsp3) is 0.158. The second kappa shape index (κ2) is 6.29. The van der Waals surface area contributed by atoms with Crippen molar-refractivity contribution in [2.24, 2.45) is 0 Å². The molecule has 1 N–H and O–H groups in total. The number of ketones is 1. The van der Waals surface area contributed by atoms with E-state index in [0.29, 0.717) is 11.4 Å². The van der Waals surface area contributed by atoms with Crippen LogP contribution in [0.2, 0.25) is 0 Å². The van der Waals surface area contributed by atoms with Crippen LogP contribution in [-0.2, 0) is 14.3 Å². The highest BCUT2D eigenvalue weighted by atomic mass is 16.5. The zero-order valence-corrected chi connectivity index (χ0v) is 13.2. The van der Waals surface area contributed by atoms with Crippen LogP contribution in [0.5, 0.6) is 0 Å². The summed E-state index contributed by atoms with van der Waals surface area (Å²) in [5, 5.41) is 11.0. The van der Waals surface area contributed by atoms with Crippen molar-refractivity contribution in [2.45, 2.75) is 12.1 Å². The van der Waals surface area contributed by atoms with Crippen LogP contribution >= 0.6 is 0 Å². The summed E-state index contributed by atoms with van der Waals surface area (Å²) in [5.41, 5.74) is -0.0712. The van der Waals surface area contributed by atoms with Gasteiger partial charge >= 0.3 is 5.97 Å². The Bertz CT molecular complexity index is 786. The van der Waals surface area contributed by atoms with E-state index in [2.05, 4.69) is 4.74 Å². The Morgan fingerprint density at radius 1 is 1.08 bits per heavy atom. The summed E-state index contributed by atoms with van der Waals surface area (Å²) in [4.78, 5) is 25.8. The van der Waals surface area contributed by atoms with Gasteiger partial charge in [0.25, 0.3) is 0 Å². The fourth-order valence-electron chi connectivity index (χ4n) is 2.80. The molecule has 3 rings (SSSR count). The molecule has 0 saturated carbocycles. The smallest absolute Gasteiger partial charge is 0.310 e. The lowest BCUT2D eigenvalue weighted by Crippen LogP contribution is -2.51. The second-order valence-electron chi connectivity index (χ2n) is 5.50. The van der Waals surface area contributed by atoms with Gasteiger partial charge in [-0.15, -0.1) is 0 Å². The molecule has 0 amide bonds. The molecular formula is C19H17NO4. The Labute approximate surface area is 139 Å². The molecule has 1 aliphatic rings. The largest absolute Gasteiger partial charge is 0.469 e. The average molecular weight is 323 g/mol. The van der Waals surface area contributed by atoms with Gasteiger partial charge in [0.05, 0.1) is 12.8 Å². The number of esters is 1. The maximum atomic E-state index is 12.5. The normalized spacial score (nSPS) is 20.0. The van der Waals surface area contributed by atoms with E-state index in [1.807, 2.05) is 36.4 Å². The lowest BCUT2D eigenvalue weighted by atomic mass is 10.0. The van der Waals surface area contributed by atoms with Gasteiger partial charge in [-0.3, -0.25) is 9.59 Å². The van der Waals surface area contributed by atoms with Crippen molar-refractivity contribution in [1.82, 2.24) is 0 Å². The summed E-state index contributed by atoms with van der Waals surface area (Å²) in [6.07, 6.45) is 0.912. The van der Waals surface area contributed by atoms with E-state index in [1.54, 1.807) is 24.3 Å². The zero-order valence-electron chi connectivity index (χ0n) is 13.2. The Morgan fingerprint density at radius 3 is 2.25 bits per heavy atom. The molecule has 5 heteroatoms. The highest BCUT2D eigenvalue weighted by Gasteiger charge is 2.50. The van der Waals surface area contributed by atoms with Crippen molar-refractivity contribution in [1.29, 1.82) is 0 Å². The van der Waals surface area contributed by atoms with E-state index in [4.69, 9.17) is 0 Å². The van der Waals surface area contributed by atoms with Crippen LogP contribution in [0.3, 0.4) is 0 Å². The predicted molar refractivity (Wildman–Crippen MR) is 89.9 cm³/mol.